The number of hydrogen-bond acceptors (Lipinski definition) is 2. The van der Waals surface area contributed by atoms with Crippen LogP contribution in [0, 0.1) is 18.3 Å². The third-order valence-electron chi connectivity index (χ3n) is 1.77. The molecule has 1 rings (SSSR count). The first-order chi connectivity index (χ1) is 6.65. The van der Waals surface area contributed by atoms with Gasteiger partial charge in [-0.05, 0) is 31.1 Å². The largest absolute Gasteiger partial charge is 0.255 e. The zero-order valence-electron chi connectivity index (χ0n) is 8.41. The molecule has 0 atom stereocenters. The average Bonchev–Trinajstić information content (AvgIpc) is 2.15. The van der Waals surface area contributed by atoms with Crippen molar-refractivity contribution in [3.63, 3.8) is 0 Å². The van der Waals surface area contributed by atoms with E-state index in [1.54, 1.807) is 12.3 Å². The van der Waals surface area contributed by atoms with Gasteiger partial charge in [0, 0.05) is 6.21 Å². The zero-order chi connectivity index (χ0) is 10.6. The van der Waals surface area contributed by atoms with Crippen LogP contribution >= 0.6 is 0 Å². The second-order valence-electron chi connectivity index (χ2n) is 3.19. The lowest BCUT2D eigenvalue weighted by molar-refractivity contribution is 1.36. The van der Waals surface area contributed by atoms with Gasteiger partial charge in [-0.25, -0.2) is 0 Å². The Hall–Kier alpha value is -1.88. The molecular formula is C12H12N2. The Balaban J connectivity index is 3.19. The molecule has 0 heterocycles. The van der Waals surface area contributed by atoms with Gasteiger partial charge < -0.3 is 0 Å². The minimum Gasteiger partial charge on any atom is -0.255 e. The number of aryl methyl sites for hydroxylation is 1. The third kappa shape index (κ3) is 2.30. The molecule has 0 fully saturated rings. The number of aliphatic imine (C=N–C) groups is 1. The van der Waals surface area contributed by atoms with E-state index in [0.717, 1.165) is 16.8 Å². The Morgan fingerprint density at radius 1 is 1.57 bits per heavy atom. The molecule has 0 amide bonds. The van der Waals surface area contributed by atoms with Gasteiger partial charge in [0.05, 0.1) is 11.3 Å². The summed E-state index contributed by atoms with van der Waals surface area (Å²) >= 11 is 0. The summed E-state index contributed by atoms with van der Waals surface area (Å²) in [5.41, 5.74) is 3.21. The lowest BCUT2D eigenvalue weighted by Gasteiger charge is -2.01. The highest BCUT2D eigenvalue weighted by molar-refractivity contribution is 5.81. The molecule has 0 aliphatic carbocycles. The molecule has 0 saturated heterocycles. The van der Waals surface area contributed by atoms with Gasteiger partial charge in [-0.1, -0.05) is 18.7 Å². The van der Waals surface area contributed by atoms with Crippen LogP contribution in [0.3, 0.4) is 0 Å². The summed E-state index contributed by atoms with van der Waals surface area (Å²) in [5.74, 6) is 0. The van der Waals surface area contributed by atoms with E-state index in [9.17, 15) is 0 Å². The van der Waals surface area contributed by atoms with Crippen LogP contribution in [0.15, 0.2) is 35.3 Å². The minimum absolute atomic E-state index is 0.600. The highest BCUT2D eigenvalue weighted by Gasteiger charge is 2.01. The number of benzene rings is 1. The maximum atomic E-state index is 8.86. The lowest BCUT2D eigenvalue weighted by atomic mass is 10.1. The molecule has 0 aliphatic rings. The van der Waals surface area contributed by atoms with Crippen LogP contribution in [-0.4, -0.2) is 6.21 Å². The summed E-state index contributed by atoms with van der Waals surface area (Å²) in [5, 5.41) is 8.86. The van der Waals surface area contributed by atoms with Gasteiger partial charge in [0.25, 0.3) is 0 Å². The van der Waals surface area contributed by atoms with E-state index in [1.807, 2.05) is 26.0 Å². The van der Waals surface area contributed by atoms with Crippen molar-refractivity contribution in [2.75, 3.05) is 0 Å². The van der Waals surface area contributed by atoms with E-state index < -0.39 is 0 Å². The van der Waals surface area contributed by atoms with Crippen molar-refractivity contribution in [1.29, 1.82) is 5.26 Å². The van der Waals surface area contributed by atoms with Crippen LogP contribution in [0.1, 0.15) is 18.1 Å². The second-order valence-corrected chi connectivity index (χ2v) is 3.19. The fraction of sp³-hybridized carbons (Fsp3) is 0.167. The molecule has 0 unspecified atom stereocenters. The van der Waals surface area contributed by atoms with Crippen LogP contribution < -0.4 is 0 Å². The van der Waals surface area contributed by atoms with Crippen molar-refractivity contribution < 1.29 is 0 Å². The van der Waals surface area contributed by atoms with E-state index in [4.69, 9.17) is 5.26 Å². The average molecular weight is 184 g/mol. The molecule has 70 valence electrons. The molecule has 0 N–H and O–H groups in total. The van der Waals surface area contributed by atoms with Gasteiger partial charge in [0.1, 0.15) is 6.07 Å². The molecule has 0 saturated carbocycles. The molecule has 0 aliphatic heterocycles. The minimum atomic E-state index is 0.600. The summed E-state index contributed by atoms with van der Waals surface area (Å²) in [6.45, 7) is 7.53. The maximum Gasteiger partial charge on any atom is 0.101 e. The topological polar surface area (TPSA) is 36.1 Å². The number of hydrogen-bond donors (Lipinski definition) is 0. The molecule has 0 spiro atoms. The second kappa shape index (κ2) is 4.38. The fourth-order valence-electron chi connectivity index (χ4n) is 1.10. The zero-order valence-corrected chi connectivity index (χ0v) is 8.41. The van der Waals surface area contributed by atoms with E-state index in [1.165, 1.54) is 0 Å². The van der Waals surface area contributed by atoms with Crippen LogP contribution in [0.2, 0.25) is 0 Å². The van der Waals surface area contributed by atoms with Gasteiger partial charge in [-0.3, -0.25) is 4.99 Å². The lowest BCUT2D eigenvalue weighted by Crippen LogP contribution is -1.82. The van der Waals surface area contributed by atoms with Gasteiger partial charge >= 0.3 is 0 Å². The van der Waals surface area contributed by atoms with Crippen LogP contribution in [0.4, 0.5) is 5.69 Å². The summed E-state index contributed by atoms with van der Waals surface area (Å²) in [6, 6.07) is 7.67. The van der Waals surface area contributed by atoms with Crippen molar-refractivity contribution in [2.24, 2.45) is 4.99 Å². The van der Waals surface area contributed by atoms with Gasteiger partial charge in [-0.15, -0.1) is 0 Å². The van der Waals surface area contributed by atoms with Gasteiger partial charge in [0.2, 0.25) is 0 Å². The van der Waals surface area contributed by atoms with E-state index in [2.05, 4.69) is 17.6 Å². The molecule has 1 aromatic carbocycles. The smallest absolute Gasteiger partial charge is 0.101 e. The Bertz CT molecular complexity index is 422. The van der Waals surface area contributed by atoms with Crippen molar-refractivity contribution in [3.8, 4) is 6.07 Å². The molecule has 2 heteroatoms. The van der Waals surface area contributed by atoms with Crippen molar-refractivity contribution in [1.82, 2.24) is 0 Å². The predicted molar refractivity (Wildman–Crippen MR) is 58.9 cm³/mol. The number of nitrogens with zero attached hydrogens (tertiary/aromatic N) is 2. The molecule has 14 heavy (non-hydrogen) atoms. The summed E-state index contributed by atoms with van der Waals surface area (Å²) in [7, 11) is 0. The third-order valence-corrected chi connectivity index (χ3v) is 1.77. The molecule has 0 bridgehead atoms. The molecule has 1 aromatic rings. The highest BCUT2D eigenvalue weighted by atomic mass is 14.7. The van der Waals surface area contributed by atoms with Crippen molar-refractivity contribution in [3.05, 3.63) is 41.5 Å². The van der Waals surface area contributed by atoms with Crippen LogP contribution in [-0.2, 0) is 0 Å². The summed E-state index contributed by atoms with van der Waals surface area (Å²) < 4.78 is 0. The Morgan fingerprint density at radius 2 is 2.29 bits per heavy atom. The van der Waals surface area contributed by atoms with Crippen LogP contribution in [0.5, 0.6) is 0 Å². The quantitative estimate of drug-likeness (QED) is 0.650. The first kappa shape index (κ1) is 10.2. The van der Waals surface area contributed by atoms with E-state index >= 15 is 0 Å². The fourth-order valence-corrected chi connectivity index (χ4v) is 1.10. The Morgan fingerprint density at radius 3 is 2.86 bits per heavy atom. The Kier molecular flexibility index (Phi) is 3.19. The first-order valence-corrected chi connectivity index (χ1v) is 4.34. The molecule has 2 nitrogen and oxygen atoms in total. The first-order valence-electron chi connectivity index (χ1n) is 4.34. The Labute approximate surface area is 84.2 Å². The number of allylic oxidation sites excluding steroid dienone is 1. The number of para-hydroxylation sites is 1. The van der Waals surface area contributed by atoms with Gasteiger partial charge in [-0.2, -0.15) is 5.26 Å². The summed E-state index contributed by atoms with van der Waals surface area (Å²) in [6.07, 6.45) is 1.67. The van der Waals surface area contributed by atoms with Crippen molar-refractivity contribution in [2.45, 2.75) is 13.8 Å². The number of rotatable bonds is 2. The SMILES string of the molecule is C=C(C)C=Nc1c(C)cccc1C#N. The standard InChI is InChI=1S/C12H12N2/c1-9(2)8-14-12-10(3)5-4-6-11(12)7-13/h4-6,8H,1H2,2-3H3. The van der Waals surface area contributed by atoms with Crippen molar-refractivity contribution >= 4 is 11.9 Å². The van der Waals surface area contributed by atoms with Crippen LogP contribution in [0.25, 0.3) is 0 Å². The monoisotopic (exact) mass is 184 g/mol. The number of nitriles is 1. The molecule has 0 radical (unpaired) electrons. The highest BCUT2D eigenvalue weighted by Crippen LogP contribution is 2.22. The van der Waals surface area contributed by atoms with E-state index in [0.29, 0.717) is 5.56 Å². The predicted octanol–water partition coefficient (Wildman–Crippen LogP) is 3.15. The molecular weight excluding hydrogens is 172 g/mol. The van der Waals surface area contributed by atoms with E-state index in [-0.39, 0.29) is 0 Å². The maximum absolute atomic E-state index is 8.86. The molecule has 0 aromatic heterocycles. The normalized spacial score (nSPS) is 10.1. The van der Waals surface area contributed by atoms with Gasteiger partial charge in [0.15, 0.2) is 0 Å². The summed E-state index contributed by atoms with van der Waals surface area (Å²) in [4.78, 5) is 4.23.